The van der Waals surface area contributed by atoms with Gasteiger partial charge in [-0.15, -0.1) is 0 Å². The number of carbonyl (C=O) groups is 1. The predicted molar refractivity (Wildman–Crippen MR) is 89.9 cm³/mol. The van der Waals surface area contributed by atoms with E-state index in [9.17, 15) is 4.79 Å². The van der Waals surface area contributed by atoms with Gasteiger partial charge in [0.25, 0.3) is 0 Å². The molecule has 0 fully saturated rings. The van der Waals surface area contributed by atoms with Crippen LogP contribution >= 0.6 is 0 Å². The van der Waals surface area contributed by atoms with Gasteiger partial charge in [0.2, 0.25) is 0 Å². The van der Waals surface area contributed by atoms with Gasteiger partial charge in [-0.2, -0.15) is 0 Å². The monoisotopic (exact) mass is 289 g/mol. The highest BCUT2D eigenvalue weighted by Crippen LogP contribution is 2.20. The van der Waals surface area contributed by atoms with Gasteiger partial charge in [-0.1, -0.05) is 54.6 Å². The van der Waals surface area contributed by atoms with Crippen LogP contribution < -0.4 is 0 Å². The maximum Gasteiger partial charge on any atom is 0.179 e. The van der Waals surface area contributed by atoms with E-state index in [0.29, 0.717) is 6.42 Å². The summed E-state index contributed by atoms with van der Waals surface area (Å²) >= 11 is 0. The SMILES string of the molecule is Cn1cccc1C(=O)CCc1ccc(-c2ccccc2)cc1. The Morgan fingerprint density at radius 2 is 1.55 bits per heavy atom. The van der Waals surface area contributed by atoms with Crippen molar-refractivity contribution < 1.29 is 4.79 Å². The van der Waals surface area contributed by atoms with Crippen LogP contribution in [0.5, 0.6) is 0 Å². The topological polar surface area (TPSA) is 22.0 Å². The fraction of sp³-hybridized carbons (Fsp3) is 0.150. The van der Waals surface area contributed by atoms with Gasteiger partial charge in [0, 0.05) is 19.7 Å². The molecule has 1 heterocycles. The van der Waals surface area contributed by atoms with E-state index in [1.807, 2.05) is 48.1 Å². The van der Waals surface area contributed by atoms with Crippen molar-refractivity contribution in [2.24, 2.45) is 7.05 Å². The minimum Gasteiger partial charge on any atom is -0.348 e. The zero-order valence-corrected chi connectivity index (χ0v) is 12.7. The molecule has 0 N–H and O–H groups in total. The average Bonchev–Trinajstić information content (AvgIpc) is 3.00. The average molecular weight is 289 g/mol. The highest BCUT2D eigenvalue weighted by Gasteiger charge is 2.09. The van der Waals surface area contributed by atoms with Crippen LogP contribution in [0.4, 0.5) is 0 Å². The number of benzene rings is 2. The largest absolute Gasteiger partial charge is 0.348 e. The quantitative estimate of drug-likeness (QED) is 0.633. The number of ketones is 1. The van der Waals surface area contributed by atoms with Crippen molar-refractivity contribution >= 4 is 5.78 Å². The molecule has 22 heavy (non-hydrogen) atoms. The molecule has 0 atom stereocenters. The van der Waals surface area contributed by atoms with Gasteiger partial charge in [-0.05, 0) is 35.2 Å². The van der Waals surface area contributed by atoms with E-state index < -0.39 is 0 Å². The van der Waals surface area contributed by atoms with Crippen molar-refractivity contribution in [3.8, 4) is 11.1 Å². The molecule has 0 aliphatic heterocycles. The molecule has 0 saturated carbocycles. The Morgan fingerprint density at radius 1 is 0.864 bits per heavy atom. The maximum absolute atomic E-state index is 12.2. The molecular weight excluding hydrogens is 270 g/mol. The van der Waals surface area contributed by atoms with Gasteiger partial charge in [-0.25, -0.2) is 0 Å². The van der Waals surface area contributed by atoms with Gasteiger partial charge in [0.1, 0.15) is 0 Å². The van der Waals surface area contributed by atoms with E-state index >= 15 is 0 Å². The molecule has 1 aromatic heterocycles. The van der Waals surface area contributed by atoms with Crippen LogP contribution in [-0.2, 0) is 13.5 Å². The van der Waals surface area contributed by atoms with Crippen LogP contribution in [0.25, 0.3) is 11.1 Å². The van der Waals surface area contributed by atoms with E-state index in [-0.39, 0.29) is 5.78 Å². The van der Waals surface area contributed by atoms with Crippen LogP contribution in [0.3, 0.4) is 0 Å². The molecule has 0 unspecified atom stereocenters. The molecule has 0 aliphatic rings. The summed E-state index contributed by atoms with van der Waals surface area (Å²) in [5.74, 6) is 0.194. The van der Waals surface area contributed by atoms with Crippen LogP contribution in [0.1, 0.15) is 22.5 Å². The van der Waals surface area contributed by atoms with E-state index in [2.05, 4.69) is 36.4 Å². The van der Waals surface area contributed by atoms with E-state index in [1.165, 1.54) is 16.7 Å². The minimum atomic E-state index is 0.194. The Hall–Kier alpha value is -2.61. The Morgan fingerprint density at radius 3 is 2.18 bits per heavy atom. The lowest BCUT2D eigenvalue weighted by molar-refractivity contribution is 0.0975. The first-order chi connectivity index (χ1) is 10.7. The summed E-state index contributed by atoms with van der Waals surface area (Å²) < 4.78 is 1.88. The summed E-state index contributed by atoms with van der Waals surface area (Å²) in [6, 6.07) is 22.6. The van der Waals surface area contributed by atoms with E-state index in [1.54, 1.807) is 0 Å². The Kier molecular flexibility index (Phi) is 4.19. The molecule has 110 valence electrons. The lowest BCUT2D eigenvalue weighted by Crippen LogP contribution is -2.06. The maximum atomic E-state index is 12.2. The van der Waals surface area contributed by atoms with Crippen molar-refractivity contribution in [1.82, 2.24) is 4.57 Å². The number of hydrogen-bond donors (Lipinski definition) is 0. The van der Waals surface area contributed by atoms with E-state index in [0.717, 1.165) is 12.1 Å². The molecule has 0 spiro atoms. The molecule has 0 amide bonds. The number of Topliss-reactive ketones (excluding diaryl/α,β-unsaturated/α-hetero) is 1. The fourth-order valence-corrected chi connectivity index (χ4v) is 2.63. The normalized spacial score (nSPS) is 10.6. The molecule has 3 rings (SSSR count). The molecule has 0 bridgehead atoms. The molecule has 0 radical (unpaired) electrons. The number of hydrogen-bond acceptors (Lipinski definition) is 1. The van der Waals surface area contributed by atoms with E-state index in [4.69, 9.17) is 0 Å². The molecule has 0 saturated heterocycles. The Balaban J connectivity index is 1.65. The van der Waals surface area contributed by atoms with Crippen molar-refractivity contribution in [2.45, 2.75) is 12.8 Å². The zero-order valence-electron chi connectivity index (χ0n) is 12.7. The van der Waals surface area contributed by atoms with Crippen molar-refractivity contribution in [1.29, 1.82) is 0 Å². The number of carbonyl (C=O) groups excluding carboxylic acids is 1. The molecule has 0 aliphatic carbocycles. The summed E-state index contributed by atoms with van der Waals surface area (Å²) in [7, 11) is 1.90. The Labute approximate surface area is 131 Å². The first-order valence-electron chi connectivity index (χ1n) is 7.53. The van der Waals surface area contributed by atoms with Gasteiger partial charge >= 0.3 is 0 Å². The van der Waals surface area contributed by atoms with Crippen molar-refractivity contribution in [2.75, 3.05) is 0 Å². The Bertz CT molecular complexity index is 754. The lowest BCUT2D eigenvalue weighted by atomic mass is 10.0. The summed E-state index contributed by atoms with van der Waals surface area (Å²) in [6.45, 7) is 0. The summed E-state index contributed by atoms with van der Waals surface area (Å²) in [4.78, 5) is 12.2. The van der Waals surface area contributed by atoms with Crippen LogP contribution in [0, 0.1) is 0 Å². The molecule has 3 aromatic rings. The minimum absolute atomic E-state index is 0.194. The number of nitrogens with zero attached hydrogens (tertiary/aromatic N) is 1. The third kappa shape index (κ3) is 3.17. The van der Waals surface area contributed by atoms with Crippen molar-refractivity contribution in [3.05, 3.63) is 84.2 Å². The van der Waals surface area contributed by atoms with Crippen LogP contribution in [0.2, 0.25) is 0 Å². The van der Waals surface area contributed by atoms with Crippen LogP contribution in [-0.4, -0.2) is 10.4 Å². The van der Waals surface area contributed by atoms with Gasteiger partial charge in [-0.3, -0.25) is 4.79 Å². The zero-order chi connectivity index (χ0) is 15.4. The first-order valence-corrected chi connectivity index (χ1v) is 7.53. The summed E-state index contributed by atoms with van der Waals surface area (Å²) in [5.41, 5.74) is 4.40. The molecule has 2 aromatic carbocycles. The molecular formula is C20H19NO. The summed E-state index contributed by atoms with van der Waals surface area (Å²) in [6.07, 6.45) is 3.23. The van der Waals surface area contributed by atoms with Crippen molar-refractivity contribution in [3.63, 3.8) is 0 Å². The summed E-state index contributed by atoms with van der Waals surface area (Å²) in [5, 5.41) is 0. The number of aryl methyl sites for hydroxylation is 2. The van der Waals surface area contributed by atoms with Gasteiger partial charge in [0.05, 0.1) is 5.69 Å². The third-order valence-electron chi connectivity index (χ3n) is 3.93. The molecule has 2 nitrogen and oxygen atoms in total. The van der Waals surface area contributed by atoms with Crippen LogP contribution in [0.15, 0.2) is 72.9 Å². The predicted octanol–water partition coefficient (Wildman–Crippen LogP) is 4.51. The second kappa shape index (κ2) is 6.44. The second-order valence-electron chi connectivity index (χ2n) is 5.49. The van der Waals surface area contributed by atoms with Gasteiger partial charge in [0.15, 0.2) is 5.78 Å². The molecule has 2 heteroatoms. The number of rotatable bonds is 5. The number of aromatic nitrogens is 1. The third-order valence-corrected chi connectivity index (χ3v) is 3.93. The highest BCUT2D eigenvalue weighted by molar-refractivity contribution is 5.94. The first kappa shape index (κ1) is 14.3. The van der Waals surface area contributed by atoms with Gasteiger partial charge < -0.3 is 4.57 Å². The standard InChI is InChI=1S/C20H19NO/c1-21-15-5-8-19(21)20(22)14-11-16-9-12-18(13-10-16)17-6-3-2-4-7-17/h2-10,12-13,15H,11,14H2,1H3. The smallest absolute Gasteiger partial charge is 0.179 e. The fourth-order valence-electron chi connectivity index (χ4n) is 2.63. The lowest BCUT2D eigenvalue weighted by Gasteiger charge is -2.05. The highest BCUT2D eigenvalue weighted by atomic mass is 16.1. The second-order valence-corrected chi connectivity index (χ2v) is 5.49.